The van der Waals surface area contributed by atoms with Crippen molar-refractivity contribution in [3.8, 4) is 0 Å². The standard InChI is InChI=1S/C7H8ClNO2/c1-4(9)6(10)5-2-3-11-7(5)8/h2-4H,9H2,1H3. The van der Waals surface area contributed by atoms with Crippen molar-refractivity contribution in [3.63, 3.8) is 0 Å². The van der Waals surface area contributed by atoms with Crippen LogP contribution >= 0.6 is 11.6 Å². The van der Waals surface area contributed by atoms with Gasteiger partial charge in [-0.05, 0) is 24.6 Å². The van der Waals surface area contributed by atoms with E-state index in [1.54, 1.807) is 6.92 Å². The second-order valence-corrected chi connectivity index (χ2v) is 2.60. The monoisotopic (exact) mass is 173 g/mol. The molecule has 60 valence electrons. The van der Waals surface area contributed by atoms with E-state index in [4.69, 9.17) is 21.8 Å². The van der Waals surface area contributed by atoms with Gasteiger partial charge < -0.3 is 10.2 Å². The van der Waals surface area contributed by atoms with E-state index in [1.807, 2.05) is 0 Å². The lowest BCUT2D eigenvalue weighted by Crippen LogP contribution is -2.26. The summed E-state index contributed by atoms with van der Waals surface area (Å²) in [4.78, 5) is 11.2. The van der Waals surface area contributed by atoms with Crippen LogP contribution in [0.4, 0.5) is 0 Å². The molecule has 1 aromatic rings. The molecule has 0 amide bonds. The van der Waals surface area contributed by atoms with Crippen molar-refractivity contribution < 1.29 is 9.21 Å². The van der Waals surface area contributed by atoms with Crippen LogP contribution in [0.2, 0.25) is 5.22 Å². The highest BCUT2D eigenvalue weighted by molar-refractivity contribution is 6.32. The molecule has 11 heavy (non-hydrogen) atoms. The number of carbonyl (C=O) groups excluding carboxylic acids is 1. The van der Waals surface area contributed by atoms with Gasteiger partial charge in [0.05, 0.1) is 17.9 Å². The van der Waals surface area contributed by atoms with Gasteiger partial charge in [0.15, 0.2) is 5.78 Å². The molecule has 1 atom stereocenters. The number of halogens is 1. The van der Waals surface area contributed by atoms with Gasteiger partial charge in [-0.15, -0.1) is 0 Å². The number of rotatable bonds is 2. The average Bonchev–Trinajstić information content (AvgIpc) is 2.33. The molecule has 0 aromatic carbocycles. The number of Topliss-reactive ketones (excluding diaryl/α,β-unsaturated/α-hetero) is 1. The molecule has 1 aromatic heterocycles. The molecule has 1 heterocycles. The Balaban J connectivity index is 2.93. The fourth-order valence-corrected chi connectivity index (χ4v) is 0.923. The van der Waals surface area contributed by atoms with Gasteiger partial charge in [-0.25, -0.2) is 0 Å². The first kappa shape index (κ1) is 8.30. The molecule has 0 bridgehead atoms. The lowest BCUT2D eigenvalue weighted by atomic mass is 10.1. The van der Waals surface area contributed by atoms with Gasteiger partial charge in [0.25, 0.3) is 0 Å². The first-order valence-electron chi connectivity index (χ1n) is 3.15. The summed E-state index contributed by atoms with van der Waals surface area (Å²) in [6.45, 7) is 1.60. The topological polar surface area (TPSA) is 56.2 Å². The van der Waals surface area contributed by atoms with Gasteiger partial charge in [0.2, 0.25) is 5.22 Å². The molecule has 0 radical (unpaired) electrons. The summed E-state index contributed by atoms with van der Waals surface area (Å²) in [5, 5.41) is 0.104. The highest BCUT2D eigenvalue weighted by atomic mass is 35.5. The molecule has 0 spiro atoms. The molecular formula is C7H8ClNO2. The summed E-state index contributed by atoms with van der Waals surface area (Å²) in [6, 6.07) is 0.971. The van der Waals surface area contributed by atoms with Crippen molar-refractivity contribution in [2.45, 2.75) is 13.0 Å². The molecule has 0 saturated heterocycles. The number of ketones is 1. The van der Waals surface area contributed by atoms with Gasteiger partial charge in [0.1, 0.15) is 0 Å². The summed E-state index contributed by atoms with van der Waals surface area (Å²) >= 11 is 5.54. The molecule has 0 saturated carbocycles. The molecule has 0 aliphatic heterocycles. The van der Waals surface area contributed by atoms with Gasteiger partial charge >= 0.3 is 0 Å². The SMILES string of the molecule is CC(N)C(=O)c1ccoc1Cl. The van der Waals surface area contributed by atoms with Gasteiger partial charge in [-0.1, -0.05) is 0 Å². The smallest absolute Gasteiger partial charge is 0.203 e. The Labute approximate surface area is 69.1 Å². The minimum Gasteiger partial charge on any atom is -0.452 e. The largest absolute Gasteiger partial charge is 0.452 e. The summed E-state index contributed by atoms with van der Waals surface area (Å²) in [7, 11) is 0. The summed E-state index contributed by atoms with van der Waals surface area (Å²) in [6.07, 6.45) is 1.36. The molecule has 1 rings (SSSR count). The third kappa shape index (κ3) is 1.61. The highest BCUT2D eigenvalue weighted by Crippen LogP contribution is 2.17. The van der Waals surface area contributed by atoms with Gasteiger partial charge in [0, 0.05) is 0 Å². The van der Waals surface area contributed by atoms with E-state index in [1.165, 1.54) is 12.3 Å². The second-order valence-electron chi connectivity index (χ2n) is 2.26. The molecule has 0 aliphatic carbocycles. The zero-order valence-corrected chi connectivity index (χ0v) is 6.76. The normalized spacial score (nSPS) is 13.0. The van der Waals surface area contributed by atoms with Crippen LogP contribution in [0.15, 0.2) is 16.7 Å². The number of carbonyl (C=O) groups is 1. The van der Waals surface area contributed by atoms with Crippen LogP contribution in [-0.2, 0) is 0 Å². The van der Waals surface area contributed by atoms with E-state index in [0.717, 1.165) is 0 Å². The number of nitrogens with two attached hydrogens (primary N) is 1. The van der Waals surface area contributed by atoms with Crippen molar-refractivity contribution in [1.29, 1.82) is 0 Å². The lowest BCUT2D eigenvalue weighted by molar-refractivity contribution is 0.0967. The first-order valence-corrected chi connectivity index (χ1v) is 3.53. The Kier molecular flexibility index (Phi) is 2.31. The quantitative estimate of drug-likeness (QED) is 0.689. The molecule has 0 fully saturated rings. The van der Waals surface area contributed by atoms with E-state index < -0.39 is 6.04 Å². The van der Waals surface area contributed by atoms with E-state index in [0.29, 0.717) is 5.56 Å². The van der Waals surface area contributed by atoms with Crippen LogP contribution in [0.25, 0.3) is 0 Å². The third-order valence-corrected chi connectivity index (χ3v) is 1.59. The Morgan fingerprint density at radius 2 is 2.45 bits per heavy atom. The molecule has 1 unspecified atom stereocenters. The van der Waals surface area contributed by atoms with Crippen LogP contribution in [-0.4, -0.2) is 11.8 Å². The van der Waals surface area contributed by atoms with E-state index >= 15 is 0 Å². The lowest BCUT2D eigenvalue weighted by Gasteiger charge is -1.99. The van der Waals surface area contributed by atoms with Crippen LogP contribution in [0.1, 0.15) is 17.3 Å². The maximum absolute atomic E-state index is 11.2. The van der Waals surface area contributed by atoms with Crippen molar-refractivity contribution in [3.05, 3.63) is 23.1 Å². The van der Waals surface area contributed by atoms with Crippen LogP contribution in [0, 0.1) is 0 Å². The molecule has 3 nitrogen and oxygen atoms in total. The van der Waals surface area contributed by atoms with Crippen LogP contribution in [0.3, 0.4) is 0 Å². The molecule has 2 N–H and O–H groups in total. The Hall–Kier alpha value is -0.800. The number of hydrogen-bond donors (Lipinski definition) is 1. The van der Waals surface area contributed by atoms with Crippen LogP contribution in [0.5, 0.6) is 0 Å². The van der Waals surface area contributed by atoms with Gasteiger partial charge in [-0.3, -0.25) is 4.79 Å². The van der Waals surface area contributed by atoms with Crippen molar-refractivity contribution >= 4 is 17.4 Å². The minimum atomic E-state index is -0.537. The number of furan rings is 1. The fourth-order valence-electron chi connectivity index (χ4n) is 0.715. The summed E-state index contributed by atoms with van der Waals surface area (Å²) < 4.78 is 4.72. The molecular weight excluding hydrogens is 166 g/mol. The highest BCUT2D eigenvalue weighted by Gasteiger charge is 2.15. The number of hydrogen-bond acceptors (Lipinski definition) is 3. The minimum absolute atomic E-state index is 0.104. The molecule has 0 aliphatic rings. The van der Waals surface area contributed by atoms with Crippen LogP contribution < -0.4 is 5.73 Å². The first-order chi connectivity index (χ1) is 5.13. The van der Waals surface area contributed by atoms with Crippen molar-refractivity contribution in [2.24, 2.45) is 5.73 Å². The van der Waals surface area contributed by atoms with E-state index in [2.05, 4.69) is 0 Å². The predicted molar refractivity (Wildman–Crippen MR) is 41.7 cm³/mol. The Morgan fingerprint density at radius 3 is 2.82 bits per heavy atom. The van der Waals surface area contributed by atoms with E-state index in [-0.39, 0.29) is 11.0 Å². The maximum Gasteiger partial charge on any atom is 0.203 e. The maximum atomic E-state index is 11.2. The molecule has 4 heteroatoms. The fraction of sp³-hybridized carbons (Fsp3) is 0.286. The van der Waals surface area contributed by atoms with Crippen molar-refractivity contribution in [1.82, 2.24) is 0 Å². The third-order valence-electron chi connectivity index (χ3n) is 1.30. The zero-order chi connectivity index (χ0) is 8.43. The second kappa shape index (κ2) is 3.07. The van der Waals surface area contributed by atoms with Gasteiger partial charge in [-0.2, -0.15) is 0 Å². The van der Waals surface area contributed by atoms with E-state index in [9.17, 15) is 4.79 Å². The average molecular weight is 174 g/mol. The predicted octanol–water partition coefficient (Wildman–Crippen LogP) is 1.46. The Bertz CT molecular complexity index is 267. The zero-order valence-electron chi connectivity index (χ0n) is 6.00. The summed E-state index contributed by atoms with van der Waals surface area (Å²) in [5.74, 6) is -0.205. The Morgan fingerprint density at radius 1 is 1.82 bits per heavy atom. The summed E-state index contributed by atoms with van der Waals surface area (Å²) in [5.41, 5.74) is 5.69. The van der Waals surface area contributed by atoms with Crippen molar-refractivity contribution in [2.75, 3.05) is 0 Å².